The van der Waals surface area contributed by atoms with E-state index in [1.807, 2.05) is 26.8 Å². The van der Waals surface area contributed by atoms with Crippen LogP contribution in [0, 0.1) is 20.8 Å². The van der Waals surface area contributed by atoms with Crippen LogP contribution in [0.5, 0.6) is 0 Å². The Morgan fingerprint density at radius 2 is 1.71 bits per heavy atom. The number of halogens is 1. The van der Waals surface area contributed by atoms with Crippen LogP contribution in [0.15, 0.2) is 66.4 Å². The summed E-state index contributed by atoms with van der Waals surface area (Å²) in [6.07, 6.45) is 1.59. The number of aliphatic hydroxyl groups excluding tert-OH is 1. The Kier molecular flexibility index (Phi) is 5.38. The van der Waals surface area contributed by atoms with Crippen LogP contribution in [0.4, 0.5) is 5.69 Å². The van der Waals surface area contributed by atoms with Gasteiger partial charge >= 0.3 is 0 Å². The number of aryl methyl sites for hydroxylation is 3. The number of rotatable bonds is 3. The second-order valence-corrected chi connectivity index (χ2v) is 8.09. The molecule has 1 unspecified atom stereocenters. The molecule has 31 heavy (non-hydrogen) atoms. The largest absolute Gasteiger partial charge is 0.507 e. The average Bonchev–Trinajstić information content (AvgIpc) is 3.02. The van der Waals surface area contributed by atoms with Gasteiger partial charge in [0.15, 0.2) is 0 Å². The molecule has 1 aliphatic rings. The van der Waals surface area contributed by atoms with Gasteiger partial charge in [0.25, 0.3) is 11.7 Å². The number of hydrogen-bond donors (Lipinski definition) is 1. The number of anilines is 1. The van der Waals surface area contributed by atoms with Gasteiger partial charge in [-0.3, -0.25) is 19.5 Å². The van der Waals surface area contributed by atoms with Crippen molar-refractivity contribution in [3.05, 3.63) is 99.3 Å². The lowest BCUT2D eigenvalue weighted by atomic mass is 9.96. The molecular formula is C25H21ClN2O3. The minimum absolute atomic E-state index is 0.00586. The van der Waals surface area contributed by atoms with Gasteiger partial charge in [-0.15, -0.1) is 0 Å². The average molecular weight is 433 g/mol. The quantitative estimate of drug-likeness (QED) is 0.347. The first-order chi connectivity index (χ1) is 14.8. The smallest absolute Gasteiger partial charge is 0.300 e. The minimum atomic E-state index is -0.875. The zero-order valence-corrected chi connectivity index (χ0v) is 18.1. The molecule has 0 aliphatic carbocycles. The highest BCUT2D eigenvalue weighted by molar-refractivity contribution is 6.52. The molecule has 0 bridgehead atoms. The van der Waals surface area contributed by atoms with Crippen LogP contribution in [0.1, 0.15) is 34.0 Å². The topological polar surface area (TPSA) is 70.5 Å². The summed E-state index contributed by atoms with van der Waals surface area (Å²) in [6, 6.07) is 15.0. The van der Waals surface area contributed by atoms with Crippen molar-refractivity contribution in [2.75, 3.05) is 4.90 Å². The minimum Gasteiger partial charge on any atom is -0.507 e. The molecular weight excluding hydrogens is 412 g/mol. The van der Waals surface area contributed by atoms with E-state index in [0.29, 0.717) is 22.0 Å². The lowest BCUT2D eigenvalue weighted by Crippen LogP contribution is -2.30. The number of aromatic nitrogens is 1. The maximum atomic E-state index is 13.2. The molecule has 1 saturated heterocycles. The first kappa shape index (κ1) is 20.8. The zero-order chi connectivity index (χ0) is 22.3. The van der Waals surface area contributed by atoms with E-state index >= 15 is 0 Å². The summed E-state index contributed by atoms with van der Waals surface area (Å²) in [6.45, 7) is 5.73. The van der Waals surface area contributed by atoms with Crippen molar-refractivity contribution in [2.45, 2.75) is 26.8 Å². The molecule has 4 rings (SSSR count). The maximum absolute atomic E-state index is 13.2. The van der Waals surface area contributed by atoms with Gasteiger partial charge in [0.1, 0.15) is 11.8 Å². The summed E-state index contributed by atoms with van der Waals surface area (Å²) < 4.78 is 0. The van der Waals surface area contributed by atoms with Crippen LogP contribution in [0.3, 0.4) is 0 Å². The Morgan fingerprint density at radius 3 is 2.39 bits per heavy atom. The summed E-state index contributed by atoms with van der Waals surface area (Å²) >= 11 is 6.20. The molecule has 1 fully saturated rings. The number of carbonyl (C=O) groups is 2. The molecule has 1 aromatic heterocycles. The van der Waals surface area contributed by atoms with Crippen LogP contribution in [-0.4, -0.2) is 21.8 Å². The molecule has 2 heterocycles. The first-order valence-corrected chi connectivity index (χ1v) is 10.2. The number of carbonyl (C=O) groups excluding carboxylic acids is 2. The number of pyridine rings is 1. The fraction of sp³-hybridized carbons (Fsp3) is 0.160. The molecule has 1 aliphatic heterocycles. The Bertz CT molecular complexity index is 1230. The normalized spacial score (nSPS) is 17.9. The molecule has 2 aromatic carbocycles. The monoisotopic (exact) mass is 432 g/mol. The third-order valence-electron chi connectivity index (χ3n) is 5.62. The van der Waals surface area contributed by atoms with Gasteiger partial charge < -0.3 is 5.11 Å². The number of hydrogen-bond acceptors (Lipinski definition) is 4. The molecule has 1 amide bonds. The Balaban J connectivity index is 1.98. The van der Waals surface area contributed by atoms with E-state index in [1.165, 1.54) is 4.90 Å². The van der Waals surface area contributed by atoms with Gasteiger partial charge in [0, 0.05) is 22.5 Å². The predicted octanol–water partition coefficient (Wildman–Crippen LogP) is 5.29. The van der Waals surface area contributed by atoms with E-state index in [-0.39, 0.29) is 11.3 Å². The van der Waals surface area contributed by atoms with E-state index in [1.54, 1.807) is 54.7 Å². The summed E-state index contributed by atoms with van der Waals surface area (Å²) in [7, 11) is 0. The van der Waals surface area contributed by atoms with Gasteiger partial charge in [-0.1, -0.05) is 35.9 Å². The second-order valence-electron chi connectivity index (χ2n) is 7.65. The number of benzene rings is 2. The Labute approximate surface area is 185 Å². The zero-order valence-electron chi connectivity index (χ0n) is 17.4. The number of aliphatic hydroxyl groups is 1. The van der Waals surface area contributed by atoms with E-state index in [4.69, 9.17) is 11.6 Å². The van der Waals surface area contributed by atoms with Gasteiger partial charge in [0.05, 0.1) is 11.3 Å². The van der Waals surface area contributed by atoms with Crippen molar-refractivity contribution in [3.63, 3.8) is 0 Å². The first-order valence-electron chi connectivity index (χ1n) is 9.85. The summed E-state index contributed by atoms with van der Waals surface area (Å²) in [4.78, 5) is 32.1. The number of nitrogens with zero attached hydrogens (tertiary/aromatic N) is 2. The van der Waals surface area contributed by atoms with Crippen molar-refractivity contribution >= 4 is 34.7 Å². The molecule has 1 atom stereocenters. The van der Waals surface area contributed by atoms with Gasteiger partial charge in [-0.05, 0) is 67.8 Å². The highest BCUT2D eigenvalue weighted by atomic mass is 35.5. The molecule has 0 saturated carbocycles. The molecule has 0 radical (unpaired) electrons. The van der Waals surface area contributed by atoms with Crippen molar-refractivity contribution in [2.24, 2.45) is 0 Å². The number of Topliss-reactive ketones (excluding diaryl/α,β-unsaturated/α-hetero) is 1. The lowest BCUT2D eigenvalue weighted by Gasteiger charge is -2.26. The van der Waals surface area contributed by atoms with E-state index in [0.717, 1.165) is 16.7 Å². The van der Waals surface area contributed by atoms with Crippen molar-refractivity contribution in [1.82, 2.24) is 4.98 Å². The van der Waals surface area contributed by atoms with Crippen molar-refractivity contribution in [3.8, 4) is 0 Å². The predicted molar refractivity (Wildman–Crippen MR) is 121 cm³/mol. The van der Waals surface area contributed by atoms with Gasteiger partial charge in [0.2, 0.25) is 0 Å². The molecule has 0 spiro atoms. The molecule has 1 N–H and O–H groups in total. The second kappa shape index (κ2) is 8.00. The molecule has 6 heteroatoms. The van der Waals surface area contributed by atoms with Crippen LogP contribution in [0.25, 0.3) is 5.76 Å². The summed E-state index contributed by atoms with van der Waals surface area (Å²) in [5, 5.41) is 11.6. The third-order valence-corrected chi connectivity index (χ3v) is 5.86. The lowest BCUT2D eigenvalue weighted by molar-refractivity contribution is -0.132. The van der Waals surface area contributed by atoms with Crippen LogP contribution in [-0.2, 0) is 9.59 Å². The van der Waals surface area contributed by atoms with E-state index < -0.39 is 17.7 Å². The summed E-state index contributed by atoms with van der Waals surface area (Å²) in [5.41, 5.74) is 4.27. The van der Waals surface area contributed by atoms with Crippen LogP contribution < -0.4 is 4.90 Å². The van der Waals surface area contributed by atoms with Crippen molar-refractivity contribution in [1.29, 1.82) is 0 Å². The van der Waals surface area contributed by atoms with Crippen molar-refractivity contribution < 1.29 is 14.7 Å². The van der Waals surface area contributed by atoms with E-state index in [2.05, 4.69) is 4.98 Å². The van der Waals surface area contributed by atoms with Gasteiger partial charge in [-0.25, -0.2) is 0 Å². The third kappa shape index (κ3) is 3.62. The Morgan fingerprint density at radius 1 is 0.968 bits per heavy atom. The van der Waals surface area contributed by atoms with Gasteiger partial charge in [-0.2, -0.15) is 0 Å². The van der Waals surface area contributed by atoms with Crippen LogP contribution >= 0.6 is 11.6 Å². The van der Waals surface area contributed by atoms with E-state index in [9.17, 15) is 14.7 Å². The molecule has 5 nitrogen and oxygen atoms in total. The maximum Gasteiger partial charge on any atom is 0.300 e. The fourth-order valence-electron chi connectivity index (χ4n) is 3.78. The highest BCUT2D eigenvalue weighted by Crippen LogP contribution is 2.43. The van der Waals surface area contributed by atoms with Crippen LogP contribution in [0.2, 0.25) is 5.02 Å². The SMILES string of the molecule is Cc1ccc(/C(O)=C2\C(=O)C(=O)N(c3cc(Cl)ccc3C)C2c2ccccn2)cc1C. The molecule has 156 valence electrons. The highest BCUT2D eigenvalue weighted by Gasteiger charge is 2.48. The number of ketones is 1. The summed E-state index contributed by atoms with van der Waals surface area (Å²) in [5.74, 6) is -1.71. The Hall–Kier alpha value is -3.44. The standard InChI is InChI=1S/C25H21ClN2O3/c1-14-7-9-17(12-16(14)3)23(29)21-22(19-6-4-5-11-27-19)28(25(31)24(21)30)20-13-18(26)10-8-15(20)2/h4-13,22,29H,1-3H3/b23-21+. The number of amides is 1. The molecule has 3 aromatic rings. The fourth-order valence-corrected chi connectivity index (χ4v) is 3.95.